The number of nitrogens with zero attached hydrogens (tertiary/aromatic N) is 4. The van der Waals surface area contributed by atoms with Crippen LogP contribution >= 0.6 is 0 Å². The number of hydrogen-bond donors (Lipinski definition) is 7. The molecule has 7 N–H and O–H groups in total. The lowest BCUT2D eigenvalue weighted by Crippen LogP contribution is -2.42. The molecule has 0 bridgehead atoms. The van der Waals surface area contributed by atoms with Crippen LogP contribution < -0.4 is 31.3 Å². The maximum Gasteiger partial charge on any atom is 0.411 e. The fraction of sp³-hybridized carbons (Fsp3) is 0.255. The quantitative estimate of drug-likeness (QED) is 0.0258. The number of nitrogens with one attached hydrogen (secondary N) is 5. The third-order valence-electron chi connectivity index (χ3n) is 12.0. The number of aromatic nitrogens is 3. The van der Waals surface area contributed by atoms with Gasteiger partial charge in [-0.1, -0.05) is 30.4 Å². The van der Waals surface area contributed by atoms with Crippen molar-refractivity contribution < 1.29 is 58.0 Å². The van der Waals surface area contributed by atoms with Gasteiger partial charge in [0.05, 0.1) is 11.8 Å². The van der Waals surface area contributed by atoms with Crippen molar-refractivity contribution in [2.24, 2.45) is 0 Å². The molecule has 0 saturated carbocycles. The summed E-state index contributed by atoms with van der Waals surface area (Å²) in [6.07, 6.45) is 8.50. The van der Waals surface area contributed by atoms with E-state index >= 15 is 0 Å². The molecule has 390 valence electrons. The van der Waals surface area contributed by atoms with E-state index in [1.54, 1.807) is 61.1 Å². The van der Waals surface area contributed by atoms with E-state index in [2.05, 4.69) is 48.4 Å². The summed E-state index contributed by atoms with van der Waals surface area (Å²) in [6, 6.07) is 23.9. The summed E-state index contributed by atoms with van der Waals surface area (Å²) < 4.78 is 18.9. The van der Waals surface area contributed by atoms with Crippen LogP contribution in [0.3, 0.4) is 0 Å². The molecule has 5 heterocycles. The van der Waals surface area contributed by atoms with Gasteiger partial charge in [-0.25, -0.2) is 19.4 Å². The summed E-state index contributed by atoms with van der Waals surface area (Å²) in [5, 5.41) is 33.7. The number of carboxylic acids is 1. The number of hydrogen-bond acceptors (Lipinski definition) is 13. The number of pyridine rings is 2. The number of urea groups is 1. The maximum atomic E-state index is 13.2. The number of imidazole rings is 1. The number of benzene rings is 3. The van der Waals surface area contributed by atoms with E-state index in [-0.39, 0.29) is 74.5 Å². The molecule has 2 aliphatic rings. The highest BCUT2D eigenvalue weighted by atomic mass is 16.7. The molecule has 76 heavy (non-hydrogen) atoms. The molecule has 0 aliphatic carbocycles. The van der Waals surface area contributed by atoms with Gasteiger partial charge in [-0.15, -0.1) is 0 Å². The van der Waals surface area contributed by atoms with E-state index in [9.17, 15) is 43.8 Å². The number of imide groups is 1. The van der Waals surface area contributed by atoms with Crippen molar-refractivity contribution in [3.8, 4) is 28.7 Å². The van der Waals surface area contributed by atoms with Crippen LogP contribution in [-0.2, 0) is 46.6 Å². The highest BCUT2D eigenvalue weighted by Gasteiger charge is 2.34. The van der Waals surface area contributed by atoms with E-state index in [0.717, 1.165) is 27.2 Å². The van der Waals surface area contributed by atoms with Crippen LogP contribution in [0.1, 0.15) is 67.2 Å². The van der Waals surface area contributed by atoms with Gasteiger partial charge in [0, 0.05) is 111 Å². The fourth-order valence-corrected chi connectivity index (χ4v) is 8.11. The average Bonchev–Trinajstić information content (AvgIpc) is 4.02. The van der Waals surface area contributed by atoms with Gasteiger partial charge in [0.1, 0.15) is 18.0 Å². The molecule has 3 aromatic carbocycles. The Bertz CT molecular complexity index is 3190. The number of carbonyl (C=O) groups is 7. The predicted molar refractivity (Wildman–Crippen MR) is 276 cm³/mol. The van der Waals surface area contributed by atoms with Gasteiger partial charge in [-0.05, 0) is 108 Å². The van der Waals surface area contributed by atoms with Crippen LogP contribution in [-0.4, -0.2) is 103 Å². The lowest BCUT2D eigenvalue weighted by molar-refractivity contribution is -0.195. The highest BCUT2D eigenvalue weighted by Crippen LogP contribution is 2.31. The zero-order chi connectivity index (χ0) is 53.4. The second-order valence-corrected chi connectivity index (χ2v) is 17.6. The van der Waals surface area contributed by atoms with Crippen molar-refractivity contribution in [2.75, 3.05) is 29.0 Å². The number of aliphatic carboxylic acids is 1. The minimum Gasteiger partial charge on any atom is -0.479 e. The third kappa shape index (κ3) is 15.1. The van der Waals surface area contributed by atoms with Crippen molar-refractivity contribution in [2.45, 2.75) is 76.6 Å². The number of aliphatic hydroxyl groups is 1. The molecule has 1 unspecified atom stereocenters. The van der Waals surface area contributed by atoms with Crippen molar-refractivity contribution in [1.82, 2.24) is 29.9 Å². The second-order valence-electron chi connectivity index (χ2n) is 17.6. The largest absolute Gasteiger partial charge is 0.479 e. The van der Waals surface area contributed by atoms with Gasteiger partial charge >= 0.3 is 18.1 Å². The molecule has 1 fully saturated rings. The van der Waals surface area contributed by atoms with Crippen LogP contribution in [0.15, 0.2) is 128 Å². The molecule has 0 spiro atoms. The van der Waals surface area contributed by atoms with Crippen LogP contribution in [0.5, 0.6) is 5.75 Å². The molecule has 2 aliphatic heterocycles. The minimum absolute atomic E-state index is 0.00569. The topological polar surface area (TPSA) is 281 Å². The molecule has 21 nitrogen and oxygen atoms in total. The first-order valence-corrected chi connectivity index (χ1v) is 24.3. The molecule has 3 aromatic heterocycles. The SMILES string of the molecule is O=C(CCCCCN1C(=O)C=CC1=O)NCCC(=O)Nc1cc(COC(=O)Nc2ccc(C#Cc3cc(NC(=O)NCc4ccn5ccnc5c4)ccc3-c3ccncc3)cc2)ccc1O[C@H]1CC(O)C[C@@H](C(=O)O)O1. The lowest BCUT2D eigenvalue weighted by atomic mass is 10.00. The number of carboxylic acid groups (broad SMARTS) is 1. The molecular weight excluding hydrogens is 979 g/mol. The molecule has 21 heteroatoms. The second kappa shape index (κ2) is 25.5. The van der Waals surface area contributed by atoms with E-state index in [1.165, 1.54) is 24.3 Å². The number of rotatable bonds is 20. The fourth-order valence-electron chi connectivity index (χ4n) is 8.11. The number of carbonyl (C=O) groups excluding carboxylic acids is 6. The van der Waals surface area contributed by atoms with E-state index in [1.807, 2.05) is 47.1 Å². The summed E-state index contributed by atoms with van der Waals surface area (Å²) in [5.41, 5.74) is 6.17. The summed E-state index contributed by atoms with van der Waals surface area (Å²) in [5.74, 6) is 3.71. The Hall–Kier alpha value is -9.39. The minimum atomic E-state index is -1.32. The number of unbranched alkanes of at least 4 members (excludes halogenated alkanes) is 2. The Morgan fingerprint density at radius 3 is 2.33 bits per heavy atom. The molecule has 6 aromatic rings. The standard InChI is InChI=1S/C55H53N9O12/c65-42-31-46(53(70)71)76-52(32-42)75-45-14-8-37(28-44(45)62-49(67)19-23-58-48(66)4-2-1-3-25-64-50(68)15-16-51(64)69)34-74-55(73)61-40-10-6-35(7-11-40)5-9-39-30-41(12-13-43(39)38-17-21-56-22-18-38)60-54(72)59-33-36-20-26-63-27-24-57-47(63)29-36/h6-8,10-18,20-22,24,26-30,42,46,52,65H,1-4,19,23,25,31-34H2,(H,58,66)(H,61,73)(H,62,67)(H,70,71)(H2,59,60,72)/t42?,46-,52+/m0/s1. The first-order valence-electron chi connectivity index (χ1n) is 24.3. The smallest absolute Gasteiger partial charge is 0.411 e. The Morgan fingerprint density at radius 2 is 1.54 bits per heavy atom. The van der Waals surface area contributed by atoms with Crippen molar-refractivity contribution in [3.63, 3.8) is 0 Å². The van der Waals surface area contributed by atoms with Gasteiger partial charge in [0.2, 0.25) is 18.1 Å². The number of ether oxygens (including phenoxy) is 3. The summed E-state index contributed by atoms with van der Waals surface area (Å²) in [7, 11) is 0. The number of aliphatic hydroxyl groups excluding tert-OH is 1. The van der Waals surface area contributed by atoms with Crippen molar-refractivity contribution in [1.29, 1.82) is 0 Å². The normalized spacial score (nSPS) is 15.8. The van der Waals surface area contributed by atoms with Crippen LogP contribution in [0.2, 0.25) is 0 Å². The first kappa shape index (κ1) is 52.9. The molecule has 8 rings (SSSR count). The summed E-state index contributed by atoms with van der Waals surface area (Å²) in [4.78, 5) is 96.3. The molecule has 7 amide bonds. The van der Waals surface area contributed by atoms with Crippen LogP contribution in [0.25, 0.3) is 16.8 Å². The summed E-state index contributed by atoms with van der Waals surface area (Å²) >= 11 is 0. The molecule has 3 atom stereocenters. The van der Waals surface area contributed by atoms with Gasteiger partial charge in [0.15, 0.2) is 6.10 Å². The zero-order valence-corrected chi connectivity index (χ0v) is 40.9. The maximum absolute atomic E-state index is 13.2. The van der Waals surface area contributed by atoms with Gasteiger partial charge in [-0.2, -0.15) is 0 Å². The van der Waals surface area contributed by atoms with Crippen LogP contribution in [0, 0.1) is 11.8 Å². The van der Waals surface area contributed by atoms with Gasteiger partial charge in [-0.3, -0.25) is 34.4 Å². The highest BCUT2D eigenvalue weighted by molar-refractivity contribution is 6.12. The summed E-state index contributed by atoms with van der Waals surface area (Å²) in [6.45, 7) is 0.326. The van der Waals surface area contributed by atoms with E-state index in [4.69, 9.17) is 14.2 Å². The first-order chi connectivity index (χ1) is 36.8. The molecular formula is C55H53N9O12. The van der Waals surface area contributed by atoms with E-state index in [0.29, 0.717) is 53.9 Å². The van der Waals surface area contributed by atoms with Crippen LogP contribution in [0.4, 0.5) is 26.7 Å². The number of amides is 7. The predicted octanol–water partition coefficient (Wildman–Crippen LogP) is 6.13. The third-order valence-corrected chi connectivity index (χ3v) is 12.0. The van der Waals surface area contributed by atoms with Gasteiger partial charge < -0.3 is 50.1 Å². The Labute approximate surface area is 435 Å². The monoisotopic (exact) mass is 1030 g/mol. The Morgan fingerprint density at radius 1 is 0.750 bits per heavy atom. The molecule has 0 radical (unpaired) electrons. The van der Waals surface area contributed by atoms with Crippen molar-refractivity contribution >= 4 is 64.4 Å². The number of anilines is 3. The lowest BCUT2D eigenvalue weighted by Gasteiger charge is -2.31. The zero-order valence-electron chi connectivity index (χ0n) is 40.9. The molecule has 1 saturated heterocycles. The number of fused-ring (bicyclic) bond motifs is 1. The van der Waals surface area contributed by atoms with Gasteiger partial charge in [0.25, 0.3) is 11.8 Å². The Kier molecular flexibility index (Phi) is 17.8. The van der Waals surface area contributed by atoms with E-state index < -0.39 is 42.5 Å². The van der Waals surface area contributed by atoms with Crippen molar-refractivity contribution in [3.05, 3.63) is 150 Å². The average molecular weight is 1030 g/mol. The Balaban J connectivity index is 0.849.